The second-order valence-electron chi connectivity index (χ2n) is 7.18. The summed E-state index contributed by atoms with van der Waals surface area (Å²) in [6.45, 7) is -0.456. The van der Waals surface area contributed by atoms with Gasteiger partial charge in [-0.1, -0.05) is 36.4 Å². The second kappa shape index (κ2) is 8.64. The highest BCUT2D eigenvalue weighted by atomic mass is 32.2. The van der Waals surface area contributed by atoms with Crippen molar-refractivity contribution >= 4 is 38.2 Å². The predicted octanol–water partition coefficient (Wildman–Crippen LogP) is 3.64. The summed E-state index contributed by atoms with van der Waals surface area (Å²) in [7, 11) is -3.41. The summed E-state index contributed by atoms with van der Waals surface area (Å²) in [4.78, 5) is 24.6. The van der Waals surface area contributed by atoms with Crippen LogP contribution in [-0.4, -0.2) is 43.2 Å². The number of benzene rings is 3. The van der Waals surface area contributed by atoms with Crippen LogP contribution in [-0.2, 0) is 14.8 Å². The van der Waals surface area contributed by atoms with Crippen molar-refractivity contribution in [2.75, 3.05) is 17.6 Å². The molecule has 2 N–H and O–H groups in total. The number of ketones is 1. The Morgan fingerprint density at radius 1 is 0.969 bits per heavy atom. The number of carbonyl (C=O) groups excluding carboxylic acids is 2. The normalized spacial score (nSPS) is 11.3. The van der Waals surface area contributed by atoms with Gasteiger partial charge in [0.2, 0.25) is 10.0 Å². The summed E-state index contributed by atoms with van der Waals surface area (Å²) in [5, 5.41) is 8.97. The minimum absolute atomic E-state index is 0.133. The van der Waals surface area contributed by atoms with Gasteiger partial charge in [-0.05, 0) is 47.2 Å². The maximum Gasteiger partial charge on any atom is 0.356 e. The zero-order valence-electron chi connectivity index (χ0n) is 17.0. The lowest BCUT2D eigenvalue weighted by Crippen LogP contribution is -2.15. The quantitative estimate of drug-likeness (QED) is 0.328. The van der Waals surface area contributed by atoms with Crippen LogP contribution in [0.1, 0.15) is 20.8 Å². The fourth-order valence-corrected chi connectivity index (χ4v) is 3.72. The number of Topliss-reactive ketones (excluding diaryl/α,β-unsaturated/α-hetero) is 1. The number of anilines is 1. The van der Waals surface area contributed by atoms with Crippen LogP contribution in [0.2, 0.25) is 0 Å². The SMILES string of the molecule is CS(=O)(=O)Nc1ccc(C(=O)COC(=O)c2cc(-c3ccc4ccccc4c3)n[nH]2)cc1. The number of ether oxygens (including phenoxy) is 1. The van der Waals surface area contributed by atoms with E-state index in [0.717, 1.165) is 22.6 Å². The molecule has 0 saturated heterocycles. The van der Waals surface area contributed by atoms with E-state index in [4.69, 9.17) is 4.74 Å². The average Bonchev–Trinajstić information content (AvgIpc) is 3.27. The predicted molar refractivity (Wildman–Crippen MR) is 121 cm³/mol. The number of H-pyrrole nitrogens is 1. The molecule has 162 valence electrons. The maximum absolute atomic E-state index is 12.3. The maximum atomic E-state index is 12.3. The van der Waals surface area contributed by atoms with Gasteiger partial charge in [0.1, 0.15) is 5.69 Å². The van der Waals surface area contributed by atoms with Gasteiger partial charge in [0.25, 0.3) is 0 Å². The number of hydrogen-bond donors (Lipinski definition) is 2. The number of sulfonamides is 1. The number of hydrogen-bond acceptors (Lipinski definition) is 6. The van der Waals surface area contributed by atoms with Crippen molar-refractivity contribution in [1.82, 2.24) is 10.2 Å². The Hall–Kier alpha value is -3.98. The first kappa shape index (κ1) is 21.3. The summed E-state index contributed by atoms with van der Waals surface area (Å²) in [6.07, 6.45) is 1.03. The van der Waals surface area contributed by atoms with Gasteiger partial charge in [0.05, 0.1) is 11.9 Å². The molecule has 4 rings (SSSR count). The van der Waals surface area contributed by atoms with Crippen molar-refractivity contribution in [3.05, 3.63) is 84.1 Å². The van der Waals surface area contributed by atoms with E-state index in [1.807, 2.05) is 42.5 Å². The highest BCUT2D eigenvalue weighted by Crippen LogP contribution is 2.23. The Morgan fingerprint density at radius 3 is 2.41 bits per heavy atom. The summed E-state index contributed by atoms with van der Waals surface area (Å²) in [6, 6.07) is 21.2. The Balaban J connectivity index is 1.39. The van der Waals surface area contributed by atoms with E-state index in [2.05, 4.69) is 14.9 Å². The van der Waals surface area contributed by atoms with E-state index in [1.54, 1.807) is 6.07 Å². The van der Waals surface area contributed by atoms with Crippen molar-refractivity contribution in [1.29, 1.82) is 0 Å². The molecule has 1 heterocycles. The van der Waals surface area contributed by atoms with Crippen LogP contribution >= 0.6 is 0 Å². The Labute approximate surface area is 184 Å². The van der Waals surface area contributed by atoms with E-state index >= 15 is 0 Å². The topological polar surface area (TPSA) is 118 Å². The van der Waals surface area contributed by atoms with E-state index in [0.29, 0.717) is 16.9 Å². The first-order chi connectivity index (χ1) is 15.3. The zero-order chi connectivity index (χ0) is 22.7. The van der Waals surface area contributed by atoms with E-state index in [1.165, 1.54) is 24.3 Å². The smallest absolute Gasteiger partial charge is 0.356 e. The van der Waals surface area contributed by atoms with Gasteiger partial charge in [-0.25, -0.2) is 13.2 Å². The third-order valence-corrected chi connectivity index (χ3v) is 5.29. The van der Waals surface area contributed by atoms with E-state index in [9.17, 15) is 18.0 Å². The number of carbonyl (C=O) groups is 2. The van der Waals surface area contributed by atoms with Gasteiger partial charge < -0.3 is 4.74 Å². The summed E-state index contributed by atoms with van der Waals surface area (Å²) in [5.41, 5.74) is 2.19. The van der Waals surface area contributed by atoms with Gasteiger partial charge in [0, 0.05) is 16.8 Å². The molecule has 1 aromatic heterocycles. The van der Waals surface area contributed by atoms with Crippen molar-refractivity contribution in [2.45, 2.75) is 0 Å². The molecule has 4 aromatic rings. The fraction of sp³-hybridized carbons (Fsp3) is 0.0870. The lowest BCUT2D eigenvalue weighted by atomic mass is 10.1. The number of nitrogens with one attached hydrogen (secondary N) is 2. The molecule has 0 aliphatic carbocycles. The largest absolute Gasteiger partial charge is 0.453 e. The number of aromatic amines is 1. The fourth-order valence-electron chi connectivity index (χ4n) is 3.15. The molecule has 32 heavy (non-hydrogen) atoms. The molecular weight excluding hydrogens is 430 g/mol. The first-order valence-electron chi connectivity index (χ1n) is 9.61. The third kappa shape index (κ3) is 5.01. The lowest BCUT2D eigenvalue weighted by molar-refractivity contribution is 0.0469. The second-order valence-corrected chi connectivity index (χ2v) is 8.93. The minimum atomic E-state index is -3.41. The Kier molecular flexibility index (Phi) is 5.74. The number of nitrogens with zero attached hydrogens (tertiary/aromatic N) is 1. The Bertz CT molecular complexity index is 1410. The number of esters is 1. The molecule has 0 amide bonds. The lowest BCUT2D eigenvalue weighted by Gasteiger charge is -2.06. The number of rotatable bonds is 7. The highest BCUT2D eigenvalue weighted by Gasteiger charge is 2.15. The monoisotopic (exact) mass is 449 g/mol. The number of aromatic nitrogens is 2. The highest BCUT2D eigenvalue weighted by molar-refractivity contribution is 7.92. The standard InChI is InChI=1S/C23H19N3O5S/c1-32(29,30)26-19-10-8-16(9-11-19)22(27)14-31-23(28)21-13-20(24-25-21)18-7-6-15-4-2-3-5-17(15)12-18/h2-13,26H,14H2,1H3,(H,24,25). The van der Waals surface area contributed by atoms with Gasteiger partial charge in [-0.15, -0.1) is 0 Å². The van der Waals surface area contributed by atoms with Crippen LogP contribution in [0, 0.1) is 0 Å². The molecule has 0 unspecified atom stereocenters. The van der Waals surface area contributed by atoms with Crippen molar-refractivity contribution in [3.63, 3.8) is 0 Å². The van der Waals surface area contributed by atoms with E-state index in [-0.39, 0.29) is 5.69 Å². The number of fused-ring (bicyclic) bond motifs is 1. The summed E-state index contributed by atoms with van der Waals surface area (Å²) >= 11 is 0. The molecular formula is C23H19N3O5S. The summed E-state index contributed by atoms with van der Waals surface area (Å²) < 4.78 is 29.9. The van der Waals surface area contributed by atoms with Crippen LogP contribution < -0.4 is 4.72 Å². The molecule has 0 bridgehead atoms. The van der Waals surface area contributed by atoms with Crippen LogP contribution in [0.25, 0.3) is 22.0 Å². The van der Waals surface area contributed by atoms with Crippen molar-refractivity contribution in [2.24, 2.45) is 0 Å². The van der Waals surface area contributed by atoms with Crippen LogP contribution in [0.5, 0.6) is 0 Å². The zero-order valence-corrected chi connectivity index (χ0v) is 17.8. The van der Waals surface area contributed by atoms with Gasteiger partial charge >= 0.3 is 5.97 Å². The van der Waals surface area contributed by atoms with Gasteiger partial charge in [-0.3, -0.25) is 14.6 Å². The molecule has 3 aromatic carbocycles. The van der Waals surface area contributed by atoms with Crippen LogP contribution in [0.3, 0.4) is 0 Å². The molecule has 0 fully saturated rings. The molecule has 0 aliphatic heterocycles. The molecule has 8 nitrogen and oxygen atoms in total. The molecule has 0 atom stereocenters. The molecule has 0 radical (unpaired) electrons. The first-order valence-corrected chi connectivity index (χ1v) is 11.5. The molecule has 0 saturated carbocycles. The van der Waals surface area contributed by atoms with Crippen molar-refractivity contribution in [3.8, 4) is 11.3 Å². The van der Waals surface area contributed by atoms with Gasteiger partial charge in [0.15, 0.2) is 12.4 Å². The van der Waals surface area contributed by atoms with E-state index < -0.39 is 28.4 Å². The van der Waals surface area contributed by atoms with Crippen LogP contribution in [0.15, 0.2) is 72.8 Å². The van der Waals surface area contributed by atoms with Gasteiger partial charge in [-0.2, -0.15) is 5.10 Å². The average molecular weight is 449 g/mol. The Morgan fingerprint density at radius 2 is 1.69 bits per heavy atom. The minimum Gasteiger partial charge on any atom is -0.453 e. The van der Waals surface area contributed by atoms with Crippen LogP contribution in [0.4, 0.5) is 5.69 Å². The third-order valence-electron chi connectivity index (χ3n) is 4.69. The molecule has 0 spiro atoms. The molecule has 9 heteroatoms. The summed E-state index contributed by atoms with van der Waals surface area (Å²) in [5.74, 6) is -1.12. The molecule has 0 aliphatic rings. The van der Waals surface area contributed by atoms with Crippen molar-refractivity contribution < 1.29 is 22.7 Å².